The van der Waals surface area contributed by atoms with Gasteiger partial charge in [-0.15, -0.1) is 5.10 Å². The highest BCUT2D eigenvalue weighted by Crippen LogP contribution is 2.40. The Morgan fingerprint density at radius 1 is 1.03 bits per heavy atom. The number of aryl methyl sites for hydroxylation is 1. The lowest BCUT2D eigenvalue weighted by Crippen LogP contribution is -2.05. The van der Waals surface area contributed by atoms with Crippen molar-refractivity contribution < 1.29 is 18.6 Å². The predicted molar refractivity (Wildman–Crippen MR) is 112 cm³/mol. The molecule has 0 unspecified atom stereocenters. The number of methoxy groups -OCH3 is 3. The van der Waals surface area contributed by atoms with Gasteiger partial charge in [0.1, 0.15) is 5.82 Å². The third-order valence-corrected chi connectivity index (χ3v) is 4.55. The highest BCUT2D eigenvalue weighted by Gasteiger charge is 2.17. The lowest BCUT2D eigenvalue weighted by Gasteiger charge is -2.15. The summed E-state index contributed by atoms with van der Waals surface area (Å²) < 4.78 is 23.4. The minimum absolute atomic E-state index is 0.467. The number of nitrogens with one attached hydrogen (secondary N) is 1. The fraction of sp³-hybridized carbons (Fsp3) is 0.286. The molecule has 0 amide bonds. The molecule has 0 saturated heterocycles. The molecular weight excluding hydrogens is 386 g/mol. The van der Waals surface area contributed by atoms with Gasteiger partial charge in [-0.25, -0.2) is 4.98 Å². The summed E-state index contributed by atoms with van der Waals surface area (Å²) in [5, 5.41) is 7.95. The lowest BCUT2D eigenvalue weighted by molar-refractivity contribution is 0.324. The highest BCUT2D eigenvalue weighted by atomic mass is 16.5. The zero-order chi connectivity index (χ0) is 21.1. The molecule has 4 rings (SSSR count). The molecule has 4 aromatic rings. The van der Waals surface area contributed by atoms with E-state index in [1.54, 1.807) is 38.2 Å². The van der Waals surface area contributed by atoms with E-state index in [0.717, 1.165) is 24.2 Å². The molecule has 0 fully saturated rings. The standard InChI is InChI=1S/C21H23N5O4/c1-5-7-13-12-18(22-14-10-16(27-2)19(29-4)17(11-14)28-3)26-21(23-13)24-20(25-26)15-8-6-9-30-15/h6,8-12,22H,5,7H2,1-4H3. The summed E-state index contributed by atoms with van der Waals surface area (Å²) in [4.78, 5) is 9.16. The fourth-order valence-corrected chi connectivity index (χ4v) is 3.20. The number of nitrogens with zero attached hydrogens (tertiary/aromatic N) is 4. The van der Waals surface area contributed by atoms with Gasteiger partial charge in [-0.1, -0.05) is 13.3 Å². The van der Waals surface area contributed by atoms with Gasteiger partial charge in [0.15, 0.2) is 17.3 Å². The van der Waals surface area contributed by atoms with Gasteiger partial charge in [0.2, 0.25) is 11.6 Å². The number of fused-ring (bicyclic) bond motifs is 1. The number of benzene rings is 1. The van der Waals surface area contributed by atoms with Gasteiger partial charge in [-0.3, -0.25) is 0 Å². The Balaban J connectivity index is 1.81. The summed E-state index contributed by atoms with van der Waals surface area (Å²) in [5.41, 5.74) is 1.66. The van der Waals surface area contributed by atoms with E-state index in [1.165, 1.54) is 0 Å². The normalized spacial score (nSPS) is 10.9. The Hall–Kier alpha value is -3.75. The van der Waals surface area contributed by atoms with E-state index in [2.05, 4.69) is 27.3 Å². The van der Waals surface area contributed by atoms with Crippen molar-refractivity contribution in [2.24, 2.45) is 0 Å². The number of hydrogen-bond donors (Lipinski definition) is 1. The van der Waals surface area contributed by atoms with Crippen molar-refractivity contribution in [3.63, 3.8) is 0 Å². The van der Waals surface area contributed by atoms with Crippen molar-refractivity contribution in [3.05, 3.63) is 42.3 Å². The maximum atomic E-state index is 5.46. The first-order valence-corrected chi connectivity index (χ1v) is 9.54. The number of hydrogen-bond acceptors (Lipinski definition) is 8. The van der Waals surface area contributed by atoms with Crippen LogP contribution < -0.4 is 19.5 Å². The number of aromatic nitrogens is 4. The molecule has 0 atom stereocenters. The van der Waals surface area contributed by atoms with E-state index in [-0.39, 0.29) is 0 Å². The third-order valence-electron chi connectivity index (χ3n) is 4.55. The van der Waals surface area contributed by atoms with Gasteiger partial charge >= 0.3 is 0 Å². The van der Waals surface area contributed by atoms with Crippen LogP contribution in [0.25, 0.3) is 17.4 Å². The highest BCUT2D eigenvalue weighted by molar-refractivity contribution is 5.68. The van der Waals surface area contributed by atoms with Crippen molar-refractivity contribution in [2.75, 3.05) is 26.6 Å². The molecule has 0 aliphatic rings. The molecule has 1 N–H and O–H groups in total. The SMILES string of the molecule is CCCc1cc(Nc2cc(OC)c(OC)c(OC)c2)n2nc(-c3ccco3)nc2n1. The third kappa shape index (κ3) is 3.61. The molecule has 0 spiro atoms. The molecular formula is C21H23N5O4. The van der Waals surface area contributed by atoms with Gasteiger partial charge in [0, 0.05) is 29.6 Å². The summed E-state index contributed by atoms with van der Waals surface area (Å²) in [5.74, 6) is 3.87. The fourth-order valence-electron chi connectivity index (χ4n) is 3.20. The molecule has 0 aliphatic heterocycles. The van der Waals surface area contributed by atoms with Crippen LogP contribution in [0.15, 0.2) is 41.0 Å². The van der Waals surface area contributed by atoms with E-state index >= 15 is 0 Å². The molecule has 156 valence electrons. The van der Waals surface area contributed by atoms with E-state index in [0.29, 0.717) is 40.4 Å². The molecule has 9 heteroatoms. The monoisotopic (exact) mass is 409 g/mol. The molecule has 1 aromatic carbocycles. The summed E-state index contributed by atoms with van der Waals surface area (Å²) in [6.07, 6.45) is 3.38. The Morgan fingerprint density at radius 2 is 1.80 bits per heavy atom. The van der Waals surface area contributed by atoms with Crippen molar-refractivity contribution in [3.8, 4) is 28.8 Å². The first-order chi connectivity index (χ1) is 14.7. The number of furan rings is 1. The van der Waals surface area contributed by atoms with Crippen LogP contribution in [-0.4, -0.2) is 40.9 Å². The minimum Gasteiger partial charge on any atom is -0.493 e. The molecule has 0 radical (unpaired) electrons. The smallest absolute Gasteiger partial charge is 0.255 e. The Bertz CT molecular complexity index is 1130. The summed E-state index contributed by atoms with van der Waals surface area (Å²) >= 11 is 0. The first kappa shape index (κ1) is 19.6. The van der Waals surface area contributed by atoms with Crippen LogP contribution in [-0.2, 0) is 6.42 Å². The second-order valence-corrected chi connectivity index (χ2v) is 6.55. The van der Waals surface area contributed by atoms with Crippen molar-refractivity contribution in [1.29, 1.82) is 0 Å². The zero-order valence-electron chi connectivity index (χ0n) is 17.3. The Kier molecular flexibility index (Phi) is 5.42. The molecule has 0 saturated carbocycles. The topological polar surface area (TPSA) is 95.9 Å². The molecule has 0 aliphatic carbocycles. The lowest BCUT2D eigenvalue weighted by atomic mass is 10.2. The molecule has 9 nitrogen and oxygen atoms in total. The largest absolute Gasteiger partial charge is 0.493 e. The second-order valence-electron chi connectivity index (χ2n) is 6.55. The molecule has 3 aromatic heterocycles. The average molecular weight is 409 g/mol. The Morgan fingerprint density at radius 3 is 2.40 bits per heavy atom. The minimum atomic E-state index is 0.467. The summed E-state index contributed by atoms with van der Waals surface area (Å²) in [6.45, 7) is 2.11. The van der Waals surface area contributed by atoms with E-state index < -0.39 is 0 Å². The van der Waals surface area contributed by atoms with E-state index in [9.17, 15) is 0 Å². The van der Waals surface area contributed by atoms with Crippen LogP contribution in [0.2, 0.25) is 0 Å². The second kappa shape index (κ2) is 8.32. The van der Waals surface area contributed by atoms with Crippen molar-refractivity contribution in [2.45, 2.75) is 19.8 Å². The zero-order valence-corrected chi connectivity index (χ0v) is 17.3. The van der Waals surface area contributed by atoms with Crippen LogP contribution in [0, 0.1) is 0 Å². The van der Waals surface area contributed by atoms with Crippen molar-refractivity contribution >= 4 is 17.3 Å². The molecule has 0 bridgehead atoms. The van der Waals surface area contributed by atoms with Crippen LogP contribution in [0.4, 0.5) is 11.5 Å². The van der Waals surface area contributed by atoms with Gasteiger partial charge in [-0.05, 0) is 18.6 Å². The maximum Gasteiger partial charge on any atom is 0.255 e. The molecule has 30 heavy (non-hydrogen) atoms. The summed E-state index contributed by atoms with van der Waals surface area (Å²) in [6, 6.07) is 9.23. The number of ether oxygens (including phenoxy) is 3. The van der Waals surface area contributed by atoms with Gasteiger partial charge < -0.3 is 23.9 Å². The average Bonchev–Trinajstić information content (AvgIpc) is 3.43. The van der Waals surface area contributed by atoms with Crippen LogP contribution in [0.5, 0.6) is 17.2 Å². The van der Waals surface area contributed by atoms with E-state index in [4.69, 9.17) is 18.6 Å². The van der Waals surface area contributed by atoms with Crippen LogP contribution in [0.1, 0.15) is 19.0 Å². The van der Waals surface area contributed by atoms with Gasteiger partial charge in [-0.2, -0.15) is 9.50 Å². The Labute approximate surface area is 173 Å². The number of anilines is 2. The van der Waals surface area contributed by atoms with Crippen molar-refractivity contribution in [1.82, 2.24) is 19.6 Å². The molecule has 3 heterocycles. The quantitative estimate of drug-likeness (QED) is 0.465. The van der Waals surface area contributed by atoms with Crippen LogP contribution >= 0.6 is 0 Å². The first-order valence-electron chi connectivity index (χ1n) is 9.54. The van der Waals surface area contributed by atoms with Gasteiger partial charge in [0.25, 0.3) is 5.78 Å². The van der Waals surface area contributed by atoms with Crippen LogP contribution in [0.3, 0.4) is 0 Å². The predicted octanol–water partition coefficient (Wildman–Crippen LogP) is 4.11. The number of rotatable bonds is 8. The van der Waals surface area contributed by atoms with E-state index in [1.807, 2.05) is 24.3 Å². The summed E-state index contributed by atoms with van der Waals surface area (Å²) in [7, 11) is 4.73. The van der Waals surface area contributed by atoms with Gasteiger partial charge in [0.05, 0.1) is 27.6 Å². The maximum absolute atomic E-state index is 5.46.